The van der Waals surface area contributed by atoms with Gasteiger partial charge in [-0.15, -0.1) is 0 Å². The Morgan fingerprint density at radius 2 is 2.10 bits per heavy atom. The molecule has 4 heteroatoms. The summed E-state index contributed by atoms with van der Waals surface area (Å²) < 4.78 is 5.77. The second-order valence-corrected chi connectivity index (χ2v) is 8.31. The van der Waals surface area contributed by atoms with Gasteiger partial charge in [-0.25, -0.2) is 0 Å². The third-order valence-corrected chi connectivity index (χ3v) is 5.47. The van der Waals surface area contributed by atoms with Crippen LogP contribution in [-0.2, 0) is 9.53 Å². The minimum absolute atomic E-state index is 0.0550. The summed E-state index contributed by atoms with van der Waals surface area (Å²) in [6.45, 7) is 8.34. The van der Waals surface area contributed by atoms with E-state index in [1.807, 2.05) is 37.3 Å². The number of cyclic esters (lactones) is 1. The van der Waals surface area contributed by atoms with Gasteiger partial charge in [-0.05, 0) is 49.8 Å². The van der Waals surface area contributed by atoms with Gasteiger partial charge in [0.15, 0.2) is 0 Å². The third-order valence-electron chi connectivity index (χ3n) is 5.47. The lowest BCUT2D eigenvalue weighted by atomic mass is 9.93. The number of rotatable bonds is 4. The molecule has 1 aromatic rings. The van der Waals surface area contributed by atoms with Crippen LogP contribution >= 0.6 is 0 Å². The first-order valence-corrected chi connectivity index (χ1v) is 10.7. The standard InChI is InChI=1S/C25H35NO3/c1-18-9-7-11-20(3)25(29-24(28)17-22(27)15-14-18)21(4)12-8-10-19(2)23-13-5-6-16-26-23/h5-8,10-13,16,18-20,22,25,27H,9,14-15,17H2,1-4H3/b10-8+,11-7+,21-12+/t18-,19+,20+,22-,25+/m1/s1. The maximum absolute atomic E-state index is 12.4. The second kappa shape index (κ2) is 11.7. The Morgan fingerprint density at radius 3 is 2.83 bits per heavy atom. The molecule has 1 aliphatic rings. The Balaban J connectivity index is 2.13. The Kier molecular flexibility index (Phi) is 9.33. The fourth-order valence-corrected chi connectivity index (χ4v) is 3.53. The lowest BCUT2D eigenvalue weighted by Gasteiger charge is -2.24. The first-order valence-electron chi connectivity index (χ1n) is 10.7. The van der Waals surface area contributed by atoms with Crippen molar-refractivity contribution in [1.82, 2.24) is 4.98 Å². The minimum Gasteiger partial charge on any atom is -0.457 e. The molecule has 0 saturated heterocycles. The van der Waals surface area contributed by atoms with Gasteiger partial charge in [0.25, 0.3) is 0 Å². The van der Waals surface area contributed by atoms with Crippen LogP contribution in [0.4, 0.5) is 0 Å². The van der Waals surface area contributed by atoms with Crippen LogP contribution < -0.4 is 0 Å². The summed E-state index contributed by atoms with van der Waals surface area (Å²) in [4.78, 5) is 16.7. The number of esters is 1. The molecule has 2 heterocycles. The van der Waals surface area contributed by atoms with Crippen LogP contribution in [0.5, 0.6) is 0 Å². The highest BCUT2D eigenvalue weighted by atomic mass is 16.5. The summed E-state index contributed by atoms with van der Waals surface area (Å²) in [6, 6.07) is 5.91. The predicted octanol–water partition coefficient (Wildman–Crippen LogP) is 5.36. The zero-order chi connectivity index (χ0) is 21.2. The number of hydrogen-bond donors (Lipinski definition) is 1. The zero-order valence-corrected chi connectivity index (χ0v) is 18.1. The molecule has 5 atom stereocenters. The second-order valence-electron chi connectivity index (χ2n) is 8.31. The predicted molar refractivity (Wildman–Crippen MR) is 117 cm³/mol. The van der Waals surface area contributed by atoms with Crippen molar-refractivity contribution < 1.29 is 14.6 Å². The van der Waals surface area contributed by atoms with Crippen molar-refractivity contribution in [2.75, 3.05) is 0 Å². The van der Waals surface area contributed by atoms with Crippen LogP contribution in [0.3, 0.4) is 0 Å². The summed E-state index contributed by atoms with van der Waals surface area (Å²) in [5.41, 5.74) is 2.01. The maximum Gasteiger partial charge on any atom is 0.309 e. The molecular formula is C25H35NO3. The van der Waals surface area contributed by atoms with E-state index in [1.54, 1.807) is 6.20 Å². The summed E-state index contributed by atoms with van der Waals surface area (Å²) in [6.07, 6.45) is 13.8. The van der Waals surface area contributed by atoms with E-state index in [-0.39, 0.29) is 30.3 Å². The first kappa shape index (κ1) is 23.1. The van der Waals surface area contributed by atoms with Crippen molar-refractivity contribution in [2.45, 2.75) is 71.5 Å². The van der Waals surface area contributed by atoms with Gasteiger partial charge in [-0.3, -0.25) is 9.78 Å². The smallest absolute Gasteiger partial charge is 0.309 e. The highest BCUT2D eigenvalue weighted by Crippen LogP contribution is 2.23. The van der Waals surface area contributed by atoms with Crippen LogP contribution in [0.25, 0.3) is 0 Å². The van der Waals surface area contributed by atoms with Gasteiger partial charge in [-0.2, -0.15) is 0 Å². The van der Waals surface area contributed by atoms with E-state index in [2.05, 4.69) is 44.0 Å². The first-order chi connectivity index (χ1) is 13.9. The van der Waals surface area contributed by atoms with Crippen LogP contribution in [0, 0.1) is 11.8 Å². The zero-order valence-electron chi connectivity index (χ0n) is 18.1. The van der Waals surface area contributed by atoms with Gasteiger partial charge in [0.1, 0.15) is 6.10 Å². The van der Waals surface area contributed by atoms with Crippen molar-refractivity contribution in [3.05, 3.63) is 66.0 Å². The van der Waals surface area contributed by atoms with Gasteiger partial charge < -0.3 is 9.84 Å². The average Bonchev–Trinajstić information content (AvgIpc) is 2.70. The molecule has 0 bridgehead atoms. The Hall–Kier alpha value is -2.20. The molecule has 0 unspecified atom stereocenters. The van der Waals surface area contributed by atoms with E-state index >= 15 is 0 Å². The van der Waals surface area contributed by atoms with Crippen molar-refractivity contribution in [3.8, 4) is 0 Å². The Labute approximate surface area is 175 Å². The van der Waals surface area contributed by atoms with Crippen LogP contribution in [0.1, 0.15) is 65.0 Å². The van der Waals surface area contributed by atoms with E-state index < -0.39 is 6.10 Å². The van der Waals surface area contributed by atoms with Gasteiger partial charge >= 0.3 is 5.97 Å². The molecule has 0 saturated carbocycles. The molecule has 2 rings (SSSR count). The fourth-order valence-electron chi connectivity index (χ4n) is 3.53. The van der Waals surface area contributed by atoms with Crippen LogP contribution in [0.15, 0.2) is 60.3 Å². The molecule has 4 nitrogen and oxygen atoms in total. The van der Waals surface area contributed by atoms with E-state index in [1.165, 1.54) is 0 Å². The summed E-state index contributed by atoms with van der Waals surface area (Å²) in [5.74, 6) is 0.429. The molecular weight excluding hydrogens is 362 g/mol. The number of aliphatic hydroxyl groups excluding tert-OH is 1. The van der Waals surface area contributed by atoms with E-state index in [0.717, 1.165) is 24.1 Å². The molecule has 0 fully saturated rings. The van der Waals surface area contributed by atoms with Crippen molar-refractivity contribution >= 4 is 5.97 Å². The summed E-state index contributed by atoms with van der Waals surface area (Å²) >= 11 is 0. The summed E-state index contributed by atoms with van der Waals surface area (Å²) in [5, 5.41) is 10.1. The quantitative estimate of drug-likeness (QED) is 0.422. The molecule has 0 amide bonds. The number of ether oxygens (including phenoxy) is 1. The molecule has 1 aromatic heterocycles. The topological polar surface area (TPSA) is 59.4 Å². The molecule has 29 heavy (non-hydrogen) atoms. The molecule has 0 aromatic carbocycles. The maximum atomic E-state index is 12.4. The molecule has 0 spiro atoms. The van der Waals surface area contributed by atoms with Crippen molar-refractivity contribution in [2.24, 2.45) is 11.8 Å². The molecule has 1 N–H and O–H groups in total. The number of carbonyl (C=O) groups is 1. The normalized spacial score (nSPS) is 29.6. The van der Waals surface area contributed by atoms with E-state index in [9.17, 15) is 9.90 Å². The van der Waals surface area contributed by atoms with Gasteiger partial charge in [0.05, 0.1) is 12.5 Å². The number of nitrogens with zero attached hydrogens (tertiary/aromatic N) is 1. The van der Waals surface area contributed by atoms with E-state index in [0.29, 0.717) is 12.3 Å². The van der Waals surface area contributed by atoms with Crippen molar-refractivity contribution in [1.29, 1.82) is 0 Å². The van der Waals surface area contributed by atoms with Crippen LogP contribution in [0.2, 0.25) is 0 Å². The number of hydrogen-bond acceptors (Lipinski definition) is 4. The molecule has 0 radical (unpaired) electrons. The monoisotopic (exact) mass is 397 g/mol. The Bertz CT molecular complexity index is 723. The number of carbonyl (C=O) groups excluding carboxylic acids is 1. The molecule has 0 aliphatic carbocycles. The Morgan fingerprint density at radius 1 is 1.31 bits per heavy atom. The average molecular weight is 398 g/mol. The summed E-state index contributed by atoms with van der Waals surface area (Å²) in [7, 11) is 0. The molecule has 1 aliphatic heterocycles. The number of pyridine rings is 1. The highest BCUT2D eigenvalue weighted by molar-refractivity contribution is 5.70. The lowest BCUT2D eigenvalue weighted by Crippen LogP contribution is -2.28. The third kappa shape index (κ3) is 7.98. The number of aliphatic hydroxyl groups is 1. The SMILES string of the molecule is C/C(=C\C=C\[C@H](C)c1ccccn1)[C@H]1OC(=O)C[C@H](O)CC[C@H](C)C/C=C/[C@@H]1C. The highest BCUT2D eigenvalue weighted by Gasteiger charge is 2.23. The van der Waals surface area contributed by atoms with Gasteiger partial charge in [0.2, 0.25) is 0 Å². The van der Waals surface area contributed by atoms with Crippen LogP contribution in [-0.4, -0.2) is 28.3 Å². The number of allylic oxidation sites excluding steroid dienone is 4. The lowest BCUT2D eigenvalue weighted by molar-refractivity contribution is -0.151. The van der Waals surface area contributed by atoms with Crippen molar-refractivity contribution in [3.63, 3.8) is 0 Å². The number of aromatic nitrogens is 1. The van der Waals surface area contributed by atoms with E-state index in [4.69, 9.17) is 4.74 Å². The van der Waals surface area contributed by atoms with Gasteiger partial charge in [0, 0.05) is 23.7 Å². The minimum atomic E-state index is -0.632. The largest absolute Gasteiger partial charge is 0.457 e. The fraction of sp³-hybridized carbons (Fsp3) is 0.520. The molecule has 158 valence electrons. The van der Waals surface area contributed by atoms with Gasteiger partial charge in [-0.1, -0.05) is 57.2 Å².